The number of carbonyl (C=O) groups is 2. The maximum absolute atomic E-state index is 12.5. The Morgan fingerprint density at radius 2 is 0.627 bits per heavy atom. The van der Waals surface area contributed by atoms with Crippen LogP contribution in [-0.4, -0.2) is 47.4 Å². The molecule has 2 atom stereocenters. The predicted octanol–water partition coefficient (Wildman–Crippen LogP) is 22.0. The Labute approximate surface area is 469 Å². The number of amides is 1. The van der Waals surface area contributed by atoms with Crippen molar-refractivity contribution in [2.24, 2.45) is 0 Å². The molecular weight excluding hydrogens is 923 g/mol. The molecule has 0 fully saturated rings. The van der Waals surface area contributed by atoms with E-state index in [9.17, 15) is 19.8 Å². The monoisotopic (exact) mass is 1060 g/mol. The average Bonchev–Trinajstić information content (AvgIpc) is 3.41. The van der Waals surface area contributed by atoms with Crippen molar-refractivity contribution in [3.63, 3.8) is 0 Å². The summed E-state index contributed by atoms with van der Waals surface area (Å²) in [5.41, 5.74) is 0. The van der Waals surface area contributed by atoms with E-state index >= 15 is 0 Å². The summed E-state index contributed by atoms with van der Waals surface area (Å²) in [6.07, 6.45) is 79.7. The van der Waals surface area contributed by atoms with E-state index in [1.807, 2.05) is 0 Å². The summed E-state index contributed by atoms with van der Waals surface area (Å²) in [7, 11) is 0. The second-order valence-electron chi connectivity index (χ2n) is 23.9. The van der Waals surface area contributed by atoms with Gasteiger partial charge in [0.25, 0.3) is 0 Å². The third kappa shape index (κ3) is 61.7. The molecule has 0 aromatic heterocycles. The molecule has 446 valence electrons. The topological polar surface area (TPSA) is 95.9 Å². The zero-order chi connectivity index (χ0) is 54.3. The lowest BCUT2D eigenvalue weighted by Crippen LogP contribution is -2.45. The lowest BCUT2D eigenvalue weighted by atomic mass is 10.0. The number of esters is 1. The van der Waals surface area contributed by atoms with Gasteiger partial charge < -0.3 is 20.3 Å². The fourth-order valence-electron chi connectivity index (χ4n) is 11.1. The summed E-state index contributed by atoms with van der Waals surface area (Å²) >= 11 is 0. The van der Waals surface area contributed by atoms with Crippen LogP contribution in [0.1, 0.15) is 393 Å². The van der Waals surface area contributed by atoms with E-state index in [4.69, 9.17) is 4.74 Å². The number of aliphatic hydroxyl groups excluding tert-OH is 2. The van der Waals surface area contributed by atoms with Gasteiger partial charge in [0.1, 0.15) is 0 Å². The Hall–Kier alpha value is -1.40. The molecule has 6 heteroatoms. The number of nitrogens with one attached hydrogen (secondary N) is 1. The minimum absolute atomic E-state index is 0.0111. The fraction of sp³-hybridized carbons (Fsp3) is 0.942. The van der Waals surface area contributed by atoms with Gasteiger partial charge in [-0.25, -0.2) is 0 Å². The lowest BCUT2D eigenvalue weighted by Gasteiger charge is -2.22. The van der Waals surface area contributed by atoms with Gasteiger partial charge in [0, 0.05) is 12.8 Å². The third-order valence-corrected chi connectivity index (χ3v) is 16.3. The van der Waals surface area contributed by atoms with Crippen molar-refractivity contribution in [2.75, 3.05) is 13.2 Å². The first-order valence-electron chi connectivity index (χ1n) is 34.4. The molecule has 0 radical (unpaired) electrons. The fourth-order valence-corrected chi connectivity index (χ4v) is 11.1. The van der Waals surface area contributed by atoms with E-state index in [1.54, 1.807) is 0 Å². The molecule has 0 saturated carbocycles. The van der Waals surface area contributed by atoms with Gasteiger partial charge in [0.2, 0.25) is 5.91 Å². The van der Waals surface area contributed by atoms with Crippen molar-refractivity contribution >= 4 is 11.9 Å². The van der Waals surface area contributed by atoms with Crippen LogP contribution >= 0.6 is 0 Å². The van der Waals surface area contributed by atoms with Crippen molar-refractivity contribution in [1.29, 1.82) is 0 Å². The first-order chi connectivity index (χ1) is 37.0. The van der Waals surface area contributed by atoms with Crippen LogP contribution in [-0.2, 0) is 14.3 Å². The minimum Gasteiger partial charge on any atom is -0.466 e. The number of ether oxygens (including phenoxy) is 1. The van der Waals surface area contributed by atoms with Crippen LogP contribution in [0.25, 0.3) is 0 Å². The Balaban J connectivity index is 3.33. The van der Waals surface area contributed by atoms with Crippen LogP contribution in [0, 0.1) is 0 Å². The molecule has 75 heavy (non-hydrogen) atoms. The number of carbonyl (C=O) groups excluding carboxylic acids is 2. The van der Waals surface area contributed by atoms with Crippen LogP contribution in [0.3, 0.4) is 0 Å². The van der Waals surface area contributed by atoms with Crippen molar-refractivity contribution < 1.29 is 24.5 Å². The zero-order valence-electron chi connectivity index (χ0n) is 51.1. The SMILES string of the molecule is CCCCCCC/C=C\CCCCCCCC(=O)OCCCCCCCCCCCCCCCCCCCCCCCCCCCCCCC(=O)NC(CO)C(O)CCCCCCCCCCCCCCCCCC. The maximum Gasteiger partial charge on any atom is 0.305 e. The quantitative estimate of drug-likeness (QED) is 0.0320. The van der Waals surface area contributed by atoms with Gasteiger partial charge in [-0.1, -0.05) is 341 Å². The molecule has 0 spiro atoms. The van der Waals surface area contributed by atoms with Crippen molar-refractivity contribution in [3.8, 4) is 0 Å². The molecule has 6 nitrogen and oxygen atoms in total. The number of allylic oxidation sites excluding steroid dienone is 2. The second kappa shape index (κ2) is 65.1. The van der Waals surface area contributed by atoms with Crippen LogP contribution in [0.2, 0.25) is 0 Å². The molecule has 0 heterocycles. The van der Waals surface area contributed by atoms with E-state index in [-0.39, 0.29) is 18.5 Å². The molecule has 1 amide bonds. The summed E-state index contributed by atoms with van der Waals surface area (Å²) in [5.74, 6) is -0.0172. The molecule has 3 N–H and O–H groups in total. The summed E-state index contributed by atoms with van der Waals surface area (Å²) < 4.78 is 5.49. The highest BCUT2D eigenvalue weighted by atomic mass is 16.5. The lowest BCUT2D eigenvalue weighted by molar-refractivity contribution is -0.143. The highest BCUT2D eigenvalue weighted by Gasteiger charge is 2.20. The molecule has 0 aliphatic carbocycles. The highest BCUT2D eigenvalue weighted by Crippen LogP contribution is 2.19. The minimum atomic E-state index is -0.661. The van der Waals surface area contributed by atoms with Crippen molar-refractivity contribution in [1.82, 2.24) is 5.32 Å². The Morgan fingerprint density at radius 1 is 0.360 bits per heavy atom. The molecular formula is C69H135NO5. The van der Waals surface area contributed by atoms with Gasteiger partial charge in [-0.15, -0.1) is 0 Å². The summed E-state index contributed by atoms with van der Waals surface area (Å²) in [5, 5.41) is 23.3. The van der Waals surface area contributed by atoms with Crippen molar-refractivity contribution in [3.05, 3.63) is 12.2 Å². The smallest absolute Gasteiger partial charge is 0.305 e. The normalized spacial score (nSPS) is 12.5. The Kier molecular flexibility index (Phi) is 63.9. The summed E-state index contributed by atoms with van der Waals surface area (Å²) in [4.78, 5) is 24.6. The zero-order valence-corrected chi connectivity index (χ0v) is 51.1. The van der Waals surface area contributed by atoms with E-state index in [0.717, 1.165) is 44.9 Å². The number of hydrogen-bond donors (Lipinski definition) is 3. The van der Waals surface area contributed by atoms with Gasteiger partial charge >= 0.3 is 5.97 Å². The van der Waals surface area contributed by atoms with Crippen LogP contribution in [0.15, 0.2) is 12.2 Å². The van der Waals surface area contributed by atoms with E-state index < -0.39 is 12.1 Å². The summed E-state index contributed by atoms with van der Waals surface area (Å²) in [6.45, 7) is 4.98. The van der Waals surface area contributed by atoms with Gasteiger partial charge in [0.15, 0.2) is 0 Å². The molecule has 0 aromatic rings. The largest absolute Gasteiger partial charge is 0.466 e. The predicted molar refractivity (Wildman–Crippen MR) is 329 cm³/mol. The second-order valence-corrected chi connectivity index (χ2v) is 23.9. The van der Waals surface area contributed by atoms with E-state index in [2.05, 4.69) is 31.3 Å². The first-order valence-corrected chi connectivity index (χ1v) is 34.4. The number of rotatable bonds is 65. The number of hydrogen-bond acceptors (Lipinski definition) is 5. The molecule has 0 saturated heterocycles. The third-order valence-electron chi connectivity index (χ3n) is 16.3. The first kappa shape index (κ1) is 73.6. The average molecular weight is 1060 g/mol. The molecule has 0 aliphatic rings. The number of unbranched alkanes of at least 4 members (excludes halogenated alkanes) is 52. The molecule has 2 unspecified atom stereocenters. The van der Waals surface area contributed by atoms with Crippen LogP contribution < -0.4 is 5.32 Å². The molecule has 0 bridgehead atoms. The van der Waals surface area contributed by atoms with Crippen LogP contribution in [0.4, 0.5) is 0 Å². The van der Waals surface area contributed by atoms with Gasteiger partial charge in [-0.2, -0.15) is 0 Å². The standard InChI is InChI=1S/C69H135NO5/c1-3-5-7-9-11-13-15-17-19-34-37-41-45-49-53-57-61-67(72)66(65-71)70-68(73)62-58-54-50-46-42-38-35-32-30-28-26-24-22-20-21-23-25-27-29-31-33-36-40-44-48-52-56-60-64-75-69(74)63-59-55-51-47-43-39-18-16-14-12-10-8-6-4-2/h16,18,66-67,71-72H,3-15,17,19-65H2,1-2H3,(H,70,73)/b18-16-. The van der Waals surface area contributed by atoms with Gasteiger partial charge in [0.05, 0.1) is 25.4 Å². The molecule has 0 aliphatic heterocycles. The van der Waals surface area contributed by atoms with E-state index in [0.29, 0.717) is 25.9 Å². The Morgan fingerprint density at radius 3 is 0.947 bits per heavy atom. The summed E-state index contributed by atoms with van der Waals surface area (Å²) in [6, 6.07) is -0.538. The maximum atomic E-state index is 12.5. The Bertz CT molecular complexity index is 1130. The van der Waals surface area contributed by atoms with E-state index in [1.165, 1.54) is 315 Å². The van der Waals surface area contributed by atoms with Crippen LogP contribution in [0.5, 0.6) is 0 Å². The van der Waals surface area contributed by atoms with Gasteiger partial charge in [-0.3, -0.25) is 9.59 Å². The van der Waals surface area contributed by atoms with Crippen molar-refractivity contribution in [2.45, 2.75) is 405 Å². The molecule has 0 aromatic carbocycles. The van der Waals surface area contributed by atoms with Gasteiger partial charge in [-0.05, 0) is 51.4 Å². The highest BCUT2D eigenvalue weighted by molar-refractivity contribution is 5.76. The molecule has 0 rings (SSSR count). The number of aliphatic hydroxyl groups is 2.